The van der Waals surface area contributed by atoms with Gasteiger partial charge in [-0.3, -0.25) is 4.79 Å². The van der Waals surface area contributed by atoms with Crippen molar-refractivity contribution in [3.05, 3.63) is 95.9 Å². The van der Waals surface area contributed by atoms with E-state index in [9.17, 15) is 9.18 Å². The van der Waals surface area contributed by atoms with Crippen LogP contribution < -0.4 is 20.3 Å². The Morgan fingerprint density at radius 2 is 1.58 bits per heavy atom. The highest BCUT2D eigenvalue weighted by Crippen LogP contribution is 2.24. The van der Waals surface area contributed by atoms with Crippen LogP contribution in [0.1, 0.15) is 29.9 Å². The number of rotatable bonds is 9. The number of halogens is 1. The molecule has 3 aromatic carbocycles. The molecule has 0 unspecified atom stereocenters. The Kier molecular flexibility index (Phi) is 7.75. The zero-order valence-electron chi connectivity index (χ0n) is 20.5. The van der Waals surface area contributed by atoms with Gasteiger partial charge in [0.2, 0.25) is 5.95 Å². The molecule has 0 aliphatic heterocycles. The third-order valence-electron chi connectivity index (χ3n) is 5.47. The van der Waals surface area contributed by atoms with E-state index in [2.05, 4.69) is 39.3 Å². The molecular formula is C28H28FN5O2. The van der Waals surface area contributed by atoms with Crippen LogP contribution in [0, 0.1) is 12.7 Å². The summed E-state index contributed by atoms with van der Waals surface area (Å²) in [7, 11) is 0. The van der Waals surface area contributed by atoms with Gasteiger partial charge in [-0.05, 0) is 87.5 Å². The van der Waals surface area contributed by atoms with E-state index in [0.29, 0.717) is 28.7 Å². The quantitative estimate of drug-likeness (QED) is 0.280. The molecule has 184 valence electrons. The van der Waals surface area contributed by atoms with Gasteiger partial charge in [-0.15, -0.1) is 0 Å². The van der Waals surface area contributed by atoms with Gasteiger partial charge in [0, 0.05) is 41.8 Å². The van der Waals surface area contributed by atoms with E-state index in [4.69, 9.17) is 4.74 Å². The third-order valence-corrected chi connectivity index (χ3v) is 5.47. The Morgan fingerprint density at radius 3 is 2.28 bits per heavy atom. The van der Waals surface area contributed by atoms with E-state index in [1.807, 2.05) is 25.1 Å². The largest absolute Gasteiger partial charge is 0.457 e. The maximum Gasteiger partial charge on any atom is 0.255 e. The molecule has 0 fully saturated rings. The fourth-order valence-electron chi connectivity index (χ4n) is 3.63. The SMILES string of the molecule is CCN(CC)c1cc(C)nc(Nc2ccc(NC(=O)c3cccc(Oc4ccc(F)cc4)c3)cc2)n1. The summed E-state index contributed by atoms with van der Waals surface area (Å²) in [4.78, 5) is 24.1. The summed E-state index contributed by atoms with van der Waals surface area (Å²) >= 11 is 0. The van der Waals surface area contributed by atoms with Crippen molar-refractivity contribution in [2.24, 2.45) is 0 Å². The topological polar surface area (TPSA) is 79.4 Å². The van der Waals surface area contributed by atoms with Crippen LogP contribution >= 0.6 is 0 Å². The predicted octanol–water partition coefficient (Wildman–Crippen LogP) is 6.56. The first-order valence-electron chi connectivity index (χ1n) is 11.8. The molecule has 0 atom stereocenters. The number of ether oxygens (including phenoxy) is 1. The van der Waals surface area contributed by atoms with Crippen molar-refractivity contribution in [1.82, 2.24) is 9.97 Å². The van der Waals surface area contributed by atoms with Crippen LogP contribution in [0.2, 0.25) is 0 Å². The lowest BCUT2D eigenvalue weighted by Crippen LogP contribution is -2.23. The second-order valence-corrected chi connectivity index (χ2v) is 8.10. The minimum Gasteiger partial charge on any atom is -0.457 e. The standard InChI is InChI=1S/C28H28FN5O2/c1-4-34(5-2)26-17-19(3)30-28(33-26)32-23-13-11-22(12-14-23)31-27(35)20-7-6-8-25(18-20)36-24-15-9-21(29)10-16-24/h6-18H,4-5H2,1-3H3,(H,31,35)(H,30,32,33). The second kappa shape index (κ2) is 11.3. The van der Waals surface area contributed by atoms with Gasteiger partial charge in [0.15, 0.2) is 0 Å². The van der Waals surface area contributed by atoms with Gasteiger partial charge in [0.05, 0.1) is 0 Å². The van der Waals surface area contributed by atoms with Gasteiger partial charge < -0.3 is 20.3 Å². The van der Waals surface area contributed by atoms with Crippen molar-refractivity contribution < 1.29 is 13.9 Å². The number of benzene rings is 3. The molecule has 1 amide bonds. The molecule has 0 bridgehead atoms. The molecule has 0 aliphatic rings. The minimum atomic E-state index is -0.340. The molecule has 0 spiro atoms. The van der Waals surface area contributed by atoms with E-state index in [0.717, 1.165) is 30.3 Å². The Labute approximate surface area is 210 Å². The summed E-state index contributed by atoms with van der Waals surface area (Å²) in [6.07, 6.45) is 0. The van der Waals surface area contributed by atoms with Gasteiger partial charge in [0.25, 0.3) is 5.91 Å². The van der Waals surface area contributed by atoms with Crippen LogP contribution in [0.25, 0.3) is 0 Å². The average Bonchev–Trinajstić information content (AvgIpc) is 2.87. The number of aromatic nitrogens is 2. The van der Waals surface area contributed by atoms with Gasteiger partial charge in [-0.2, -0.15) is 4.98 Å². The van der Waals surface area contributed by atoms with Crippen LogP contribution in [0.4, 0.5) is 27.5 Å². The smallest absolute Gasteiger partial charge is 0.255 e. The van der Waals surface area contributed by atoms with Crippen molar-refractivity contribution >= 4 is 29.0 Å². The zero-order valence-corrected chi connectivity index (χ0v) is 20.5. The summed E-state index contributed by atoms with van der Waals surface area (Å²) < 4.78 is 18.8. The summed E-state index contributed by atoms with van der Waals surface area (Å²) in [5, 5.41) is 6.12. The lowest BCUT2D eigenvalue weighted by Gasteiger charge is -2.20. The minimum absolute atomic E-state index is 0.272. The van der Waals surface area contributed by atoms with Crippen molar-refractivity contribution in [3.63, 3.8) is 0 Å². The fraction of sp³-hybridized carbons (Fsp3) is 0.179. The lowest BCUT2D eigenvalue weighted by atomic mass is 10.2. The number of aryl methyl sites for hydroxylation is 1. The average molecular weight is 486 g/mol. The summed E-state index contributed by atoms with van der Waals surface area (Å²) in [5.74, 6) is 1.75. The maximum atomic E-state index is 13.1. The molecule has 1 heterocycles. The Morgan fingerprint density at radius 1 is 0.889 bits per heavy atom. The number of nitrogens with zero attached hydrogens (tertiary/aromatic N) is 3. The molecule has 0 saturated heterocycles. The fourth-order valence-corrected chi connectivity index (χ4v) is 3.63. The van der Waals surface area contributed by atoms with Crippen LogP contribution in [0.15, 0.2) is 78.9 Å². The van der Waals surface area contributed by atoms with Crippen LogP contribution in [-0.4, -0.2) is 29.0 Å². The van der Waals surface area contributed by atoms with Crippen molar-refractivity contribution in [1.29, 1.82) is 0 Å². The normalized spacial score (nSPS) is 10.6. The maximum absolute atomic E-state index is 13.1. The van der Waals surface area contributed by atoms with Gasteiger partial charge in [0.1, 0.15) is 23.1 Å². The number of nitrogens with one attached hydrogen (secondary N) is 2. The predicted molar refractivity (Wildman–Crippen MR) is 141 cm³/mol. The van der Waals surface area contributed by atoms with Gasteiger partial charge in [-0.25, -0.2) is 9.37 Å². The summed E-state index contributed by atoms with van der Waals surface area (Å²) in [6, 6.07) is 21.8. The Bertz CT molecular complexity index is 1320. The first kappa shape index (κ1) is 24.7. The molecule has 7 nitrogen and oxygen atoms in total. The highest BCUT2D eigenvalue weighted by Gasteiger charge is 2.10. The number of carbonyl (C=O) groups excluding carboxylic acids is 1. The summed E-state index contributed by atoms with van der Waals surface area (Å²) in [5.41, 5.74) is 2.76. The first-order valence-corrected chi connectivity index (χ1v) is 11.8. The molecule has 2 N–H and O–H groups in total. The lowest BCUT2D eigenvalue weighted by molar-refractivity contribution is 0.102. The number of anilines is 4. The van der Waals surface area contributed by atoms with Crippen LogP contribution in [-0.2, 0) is 0 Å². The molecule has 0 radical (unpaired) electrons. The molecular weight excluding hydrogens is 457 g/mol. The number of hydrogen-bond acceptors (Lipinski definition) is 6. The van der Waals surface area contributed by atoms with Crippen LogP contribution in [0.5, 0.6) is 11.5 Å². The van der Waals surface area contributed by atoms with Crippen molar-refractivity contribution in [2.75, 3.05) is 28.6 Å². The van der Waals surface area contributed by atoms with E-state index in [-0.39, 0.29) is 11.7 Å². The van der Waals surface area contributed by atoms with E-state index >= 15 is 0 Å². The molecule has 4 aromatic rings. The van der Waals surface area contributed by atoms with E-state index in [1.54, 1.807) is 36.4 Å². The molecule has 0 aliphatic carbocycles. The van der Waals surface area contributed by atoms with E-state index < -0.39 is 0 Å². The second-order valence-electron chi connectivity index (χ2n) is 8.10. The molecule has 4 rings (SSSR count). The van der Waals surface area contributed by atoms with Gasteiger partial charge >= 0.3 is 0 Å². The zero-order chi connectivity index (χ0) is 25.5. The monoisotopic (exact) mass is 485 g/mol. The third kappa shape index (κ3) is 6.35. The number of hydrogen-bond donors (Lipinski definition) is 2. The number of amides is 1. The number of carbonyl (C=O) groups is 1. The van der Waals surface area contributed by atoms with E-state index in [1.165, 1.54) is 24.3 Å². The summed E-state index contributed by atoms with van der Waals surface area (Å²) in [6.45, 7) is 7.86. The molecule has 8 heteroatoms. The highest BCUT2D eigenvalue weighted by atomic mass is 19.1. The van der Waals surface area contributed by atoms with Crippen molar-refractivity contribution in [3.8, 4) is 11.5 Å². The Balaban J connectivity index is 1.40. The Hall–Kier alpha value is -4.46. The van der Waals surface area contributed by atoms with Crippen molar-refractivity contribution in [2.45, 2.75) is 20.8 Å². The van der Waals surface area contributed by atoms with Gasteiger partial charge in [-0.1, -0.05) is 6.07 Å². The molecule has 36 heavy (non-hydrogen) atoms. The highest BCUT2D eigenvalue weighted by molar-refractivity contribution is 6.04. The first-order chi connectivity index (χ1) is 17.4. The molecule has 1 aromatic heterocycles. The molecule has 0 saturated carbocycles. The van der Waals surface area contributed by atoms with Crippen LogP contribution in [0.3, 0.4) is 0 Å².